The van der Waals surface area contributed by atoms with Crippen LogP contribution in [0.2, 0.25) is 5.15 Å². The highest BCUT2D eigenvalue weighted by Crippen LogP contribution is 2.20. The van der Waals surface area contributed by atoms with E-state index < -0.39 is 11.9 Å². The predicted molar refractivity (Wildman–Crippen MR) is 93.0 cm³/mol. The Morgan fingerprint density at radius 3 is 2.46 bits per heavy atom. The highest BCUT2D eigenvalue weighted by atomic mass is 35.5. The summed E-state index contributed by atoms with van der Waals surface area (Å²) in [6.07, 6.45) is 0.998. The van der Waals surface area contributed by atoms with Crippen molar-refractivity contribution in [1.82, 2.24) is 26.0 Å². The molecule has 0 aliphatic carbocycles. The molecule has 0 atom stereocenters. The molecule has 10 nitrogen and oxygen atoms in total. The average Bonchev–Trinajstić information content (AvgIpc) is 2.45. The third kappa shape index (κ3) is 6.24. The maximum absolute atomic E-state index is 12.0. The van der Waals surface area contributed by atoms with Gasteiger partial charge in [0.15, 0.2) is 22.5 Å². The maximum Gasteiger partial charge on any atom is 0.335 e. The van der Waals surface area contributed by atoms with Crippen LogP contribution in [-0.2, 0) is 0 Å². The van der Waals surface area contributed by atoms with Gasteiger partial charge in [-0.2, -0.15) is 5.10 Å². The quantitative estimate of drug-likeness (QED) is 0.291. The number of aromatic nitrogens is 2. The summed E-state index contributed by atoms with van der Waals surface area (Å²) in [5.74, 6) is -0.451. The molecule has 6 N–H and O–H groups in total. The van der Waals surface area contributed by atoms with Crippen LogP contribution in [0.3, 0.4) is 0 Å². The number of nitrogens with two attached hydrogens (primary N) is 1. The number of hydrogen-bond acceptors (Lipinski definition) is 7. The Labute approximate surface area is 144 Å². The van der Waals surface area contributed by atoms with Crippen molar-refractivity contribution in [3.63, 3.8) is 0 Å². The standard InChI is InChI=1S/C13H21ClN8O2/c1-6(2)18-11-9(14)20-8(10(15)21-11)12(23)16-5-17-22-13(24)19-7(3)4/h5-7H,1-4H3,(H3,15,18,21)(H,16,17,23)(H2,19,22,24). The molecular formula is C13H21ClN8O2. The molecule has 0 fully saturated rings. The number of halogens is 1. The highest BCUT2D eigenvalue weighted by Gasteiger charge is 2.16. The molecule has 1 rings (SSSR count). The summed E-state index contributed by atoms with van der Waals surface area (Å²) < 4.78 is 0. The molecule has 132 valence electrons. The number of anilines is 2. The van der Waals surface area contributed by atoms with Crippen molar-refractivity contribution in [1.29, 1.82) is 0 Å². The third-order valence-electron chi connectivity index (χ3n) is 2.37. The van der Waals surface area contributed by atoms with Crippen molar-refractivity contribution < 1.29 is 9.59 Å². The first-order chi connectivity index (χ1) is 11.2. The first kappa shape index (κ1) is 19.4. The smallest absolute Gasteiger partial charge is 0.335 e. The lowest BCUT2D eigenvalue weighted by molar-refractivity contribution is 0.0974. The van der Waals surface area contributed by atoms with E-state index in [1.807, 2.05) is 13.8 Å². The van der Waals surface area contributed by atoms with Gasteiger partial charge in [-0.3, -0.25) is 4.79 Å². The molecule has 0 saturated carbocycles. The van der Waals surface area contributed by atoms with E-state index in [1.165, 1.54) is 0 Å². The van der Waals surface area contributed by atoms with E-state index in [2.05, 4.69) is 36.4 Å². The fourth-order valence-electron chi connectivity index (χ4n) is 1.50. The van der Waals surface area contributed by atoms with Crippen molar-refractivity contribution in [2.75, 3.05) is 11.1 Å². The fraction of sp³-hybridized carbons (Fsp3) is 0.462. The normalized spacial score (nSPS) is 11.0. The van der Waals surface area contributed by atoms with Gasteiger partial charge in [-0.15, -0.1) is 0 Å². The van der Waals surface area contributed by atoms with Crippen molar-refractivity contribution >= 4 is 41.5 Å². The molecule has 0 aliphatic heterocycles. The Morgan fingerprint density at radius 1 is 1.21 bits per heavy atom. The van der Waals surface area contributed by atoms with Crippen LogP contribution in [0.1, 0.15) is 38.2 Å². The van der Waals surface area contributed by atoms with Crippen LogP contribution in [0, 0.1) is 0 Å². The number of carbonyl (C=O) groups is 2. The van der Waals surface area contributed by atoms with Gasteiger partial charge in [0.05, 0.1) is 0 Å². The molecule has 0 unspecified atom stereocenters. The molecule has 0 aromatic carbocycles. The van der Waals surface area contributed by atoms with Crippen LogP contribution in [0.4, 0.5) is 16.4 Å². The summed E-state index contributed by atoms with van der Waals surface area (Å²) >= 11 is 5.97. The monoisotopic (exact) mass is 356 g/mol. The van der Waals surface area contributed by atoms with Gasteiger partial charge < -0.3 is 21.7 Å². The zero-order chi connectivity index (χ0) is 18.3. The van der Waals surface area contributed by atoms with E-state index in [0.29, 0.717) is 5.82 Å². The van der Waals surface area contributed by atoms with Crippen LogP contribution in [0.15, 0.2) is 5.10 Å². The number of nitrogen functional groups attached to an aromatic ring is 1. The summed E-state index contributed by atoms with van der Waals surface area (Å²) in [7, 11) is 0. The van der Waals surface area contributed by atoms with Crippen LogP contribution >= 0.6 is 11.6 Å². The third-order valence-corrected chi connectivity index (χ3v) is 2.63. The zero-order valence-corrected chi connectivity index (χ0v) is 14.6. The summed E-state index contributed by atoms with van der Waals surface area (Å²) in [4.78, 5) is 31.2. The molecule has 1 aromatic rings. The first-order valence-corrected chi connectivity index (χ1v) is 7.57. The summed E-state index contributed by atoms with van der Waals surface area (Å²) in [6.45, 7) is 7.39. The average molecular weight is 357 g/mol. The molecule has 0 saturated heterocycles. The lowest BCUT2D eigenvalue weighted by Crippen LogP contribution is -2.37. The summed E-state index contributed by atoms with van der Waals surface area (Å²) in [5, 5.41) is 11.4. The second-order valence-electron chi connectivity index (χ2n) is 5.37. The number of nitrogens with zero attached hydrogens (tertiary/aromatic N) is 3. The van der Waals surface area contributed by atoms with Crippen molar-refractivity contribution in [3.8, 4) is 0 Å². The number of amides is 3. The van der Waals surface area contributed by atoms with Crippen LogP contribution in [0.5, 0.6) is 0 Å². The molecule has 1 heterocycles. The van der Waals surface area contributed by atoms with E-state index in [-0.39, 0.29) is 28.7 Å². The second-order valence-corrected chi connectivity index (χ2v) is 5.73. The number of hydrogen-bond donors (Lipinski definition) is 5. The van der Waals surface area contributed by atoms with Gasteiger partial charge in [-0.25, -0.2) is 20.2 Å². The Morgan fingerprint density at radius 2 is 1.88 bits per heavy atom. The lowest BCUT2D eigenvalue weighted by Gasteiger charge is -2.12. The molecular weight excluding hydrogens is 336 g/mol. The zero-order valence-electron chi connectivity index (χ0n) is 13.8. The summed E-state index contributed by atoms with van der Waals surface area (Å²) in [5.41, 5.74) is 7.75. The molecule has 0 radical (unpaired) electrons. The lowest BCUT2D eigenvalue weighted by atomic mass is 10.3. The summed E-state index contributed by atoms with van der Waals surface area (Å²) in [6, 6.07) is -0.460. The topological polar surface area (TPSA) is 146 Å². The molecule has 24 heavy (non-hydrogen) atoms. The number of urea groups is 1. The molecule has 11 heteroatoms. The van der Waals surface area contributed by atoms with Crippen LogP contribution in [-0.4, -0.2) is 40.3 Å². The molecule has 0 spiro atoms. The van der Waals surface area contributed by atoms with E-state index >= 15 is 0 Å². The Hall–Kier alpha value is -2.62. The Bertz CT molecular complexity index is 633. The number of carbonyl (C=O) groups excluding carboxylic acids is 2. The predicted octanol–water partition coefficient (Wildman–Crippen LogP) is 0.913. The molecule has 3 amide bonds. The Kier molecular flexibility index (Phi) is 7.18. The van der Waals surface area contributed by atoms with E-state index in [0.717, 1.165) is 6.34 Å². The minimum absolute atomic E-state index is 0.0226. The highest BCUT2D eigenvalue weighted by molar-refractivity contribution is 6.32. The largest absolute Gasteiger partial charge is 0.382 e. The van der Waals surface area contributed by atoms with E-state index in [9.17, 15) is 9.59 Å². The van der Waals surface area contributed by atoms with Gasteiger partial charge in [0.1, 0.15) is 6.34 Å². The van der Waals surface area contributed by atoms with Crippen LogP contribution in [0.25, 0.3) is 0 Å². The van der Waals surface area contributed by atoms with Crippen molar-refractivity contribution in [3.05, 3.63) is 10.8 Å². The first-order valence-electron chi connectivity index (χ1n) is 7.19. The van der Waals surface area contributed by atoms with Gasteiger partial charge in [-0.1, -0.05) is 11.6 Å². The van der Waals surface area contributed by atoms with E-state index in [4.69, 9.17) is 17.3 Å². The maximum atomic E-state index is 12.0. The molecule has 0 aliphatic rings. The van der Waals surface area contributed by atoms with Gasteiger partial charge >= 0.3 is 6.03 Å². The molecule has 1 aromatic heterocycles. The SMILES string of the molecule is CC(C)NC(=O)NN=CNC(=O)c1nc(Cl)c(NC(C)C)nc1N. The van der Waals surface area contributed by atoms with Gasteiger partial charge in [0, 0.05) is 12.1 Å². The van der Waals surface area contributed by atoms with E-state index in [1.54, 1.807) is 13.8 Å². The minimum Gasteiger partial charge on any atom is -0.382 e. The van der Waals surface area contributed by atoms with Gasteiger partial charge in [-0.05, 0) is 27.7 Å². The number of hydrazone groups is 1. The molecule has 0 bridgehead atoms. The number of nitrogens with one attached hydrogen (secondary N) is 4. The van der Waals surface area contributed by atoms with Crippen LogP contribution < -0.4 is 27.1 Å². The van der Waals surface area contributed by atoms with Crippen molar-refractivity contribution in [2.45, 2.75) is 39.8 Å². The Balaban J connectivity index is 2.68. The number of rotatable bonds is 6. The van der Waals surface area contributed by atoms with Gasteiger partial charge in [0.2, 0.25) is 0 Å². The van der Waals surface area contributed by atoms with Gasteiger partial charge in [0.25, 0.3) is 5.91 Å². The second kappa shape index (κ2) is 8.87. The fourth-order valence-corrected chi connectivity index (χ4v) is 1.69. The van der Waals surface area contributed by atoms with Crippen molar-refractivity contribution in [2.24, 2.45) is 5.10 Å². The minimum atomic E-state index is -0.659.